The summed E-state index contributed by atoms with van der Waals surface area (Å²) >= 11 is 3.38. The van der Waals surface area contributed by atoms with Crippen molar-refractivity contribution in [1.82, 2.24) is 0 Å². The number of rotatable bonds is 0. The molecule has 0 nitrogen and oxygen atoms in total. The van der Waals surface area contributed by atoms with Crippen molar-refractivity contribution in [3.05, 3.63) is 34.4 Å². The van der Waals surface area contributed by atoms with Crippen LogP contribution in [0.15, 0.2) is 28.3 Å². The predicted molar refractivity (Wildman–Crippen MR) is 52.4 cm³/mol. The van der Waals surface area contributed by atoms with Gasteiger partial charge < -0.3 is 0 Å². The molecule has 0 aromatic carbocycles. The van der Waals surface area contributed by atoms with Crippen LogP contribution in [0.4, 0.5) is 0 Å². The van der Waals surface area contributed by atoms with E-state index in [1.807, 2.05) is 6.08 Å². The monoisotopic (exact) mass is 211 g/mol. The summed E-state index contributed by atoms with van der Waals surface area (Å²) in [4.78, 5) is 0. The van der Waals surface area contributed by atoms with Crippen LogP contribution in [0.25, 0.3) is 0 Å². The van der Waals surface area contributed by atoms with Crippen LogP contribution in [0, 0.1) is 11.5 Å². The standard InChI is InChI=1S/C10H12Br/c1-10(2,3)8-4-6-9(11)7-5-8/h4,6-7H,1-3H3/q+1. The highest BCUT2D eigenvalue weighted by Gasteiger charge is 2.22. The van der Waals surface area contributed by atoms with Crippen molar-refractivity contribution in [2.75, 3.05) is 0 Å². The highest BCUT2D eigenvalue weighted by Crippen LogP contribution is 2.29. The zero-order valence-corrected chi connectivity index (χ0v) is 8.70. The molecule has 0 amide bonds. The van der Waals surface area contributed by atoms with Gasteiger partial charge in [0, 0.05) is 27.4 Å². The van der Waals surface area contributed by atoms with E-state index in [0.29, 0.717) is 0 Å². The minimum atomic E-state index is 0.209. The molecule has 0 aromatic rings. The summed E-state index contributed by atoms with van der Waals surface area (Å²) < 4.78 is 1.09. The van der Waals surface area contributed by atoms with Gasteiger partial charge in [-0.1, -0.05) is 20.8 Å². The Labute approximate surface area is 76.8 Å². The molecule has 1 rings (SSSR count). The summed E-state index contributed by atoms with van der Waals surface area (Å²) in [6.45, 7) is 6.56. The number of hydrogen-bond acceptors (Lipinski definition) is 0. The van der Waals surface area contributed by atoms with Gasteiger partial charge in [0.1, 0.15) is 16.1 Å². The van der Waals surface area contributed by atoms with Crippen LogP contribution in [0.2, 0.25) is 0 Å². The van der Waals surface area contributed by atoms with Crippen LogP contribution in [0.1, 0.15) is 20.8 Å². The van der Waals surface area contributed by atoms with Crippen molar-refractivity contribution in [3.63, 3.8) is 0 Å². The van der Waals surface area contributed by atoms with Gasteiger partial charge in [-0.05, 0) is 0 Å². The van der Waals surface area contributed by atoms with Crippen LogP contribution >= 0.6 is 15.9 Å². The van der Waals surface area contributed by atoms with Crippen LogP contribution in [0.5, 0.6) is 0 Å². The van der Waals surface area contributed by atoms with Crippen molar-refractivity contribution in [1.29, 1.82) is 0 Å². The van der Waals surface area contributed by atoms with E-state index < -0.39 is 0 Å². The zero-order chi connectivity index (χ0) is 8.48. The molecule has 1 aliphatic rings. The Bertz CT molecular complexity index is 236. The van der Waals surface area contributed by atoms with Crippen LogP contribution in [-0.2, 0) is 0 Å². The lowest BCUT2D eigenvalue weighted by Crippen LogP contribution is -2.08. The van der Waals surface area contributed by atoms with Crippen molar-refractivity contribution < 1.29 is 0 Å². The van der Waals surface area contributed by atoms with Crippen LogP contribution < -0.4 is 0 Å². The highest BCUT2D eigenvalue weighted by molar-refractivity contribution is 9.11. The van der Waals surface area contributed by atoms with Crippen molar-refractivity contribution >= 4 is 15.9 Å². The average molecular weight is 212 g/mol. The molecule has 11 heavy (non-hydrogen) atoms. The summed E-state index contributed by atoms with van der Waals surface area (Å²) in [7, 11) is 0. The molecular formula is C10H12Br+. The molecule has 0 saturated carbocycles. The van der Waals surface area contributed by atoms with Gasteiger partial charge in [-0.3, -0.25) is 0 Å². The molecule has 0 saturated heterocycles. The topological polar surface area (TPSA) is 0 Å². The van der Waals surface area contributed by atoms with E-state index in [-0.39, 0.29) is 5.41 Å². The lowest BCUT2D eigenvalue weighted by atomic mass is 9.85. The van der Waals surface area contributed by atoms with Crippen LogP contribution in [0.3, 0.4) is 0 Å². The molecule has 0 unspecified atom stereocenters. The third-order valence-electron chi connectivity index (χ3n) is 1.58. The summed E-state index contributed by atoms with van der Waals surface area (Å²) in [6.07, 6.45) is 9.34. The van der Waals surface area contributed by atoms with Crippen molar-refractivity contribution in [3.8, 4) is 0 Å². The second-order valence-electron chi connectivity index (χ2n) is 3.67. The fraction of sp³-hybridized carbons (Fsp3) is 0.400. The molecule has 0 radical (unpaired) electrons. The SMILES string of the molecule is CC(C)(C)C1=[C+]C=C(Br)C=C1. The predicted octanol–water partition coefficient (Wildman–Crippen LogP) is 3.61. The normalized spacial score (nSPS) is 17.1. The average Bonchev–Trinajstić information content (AvgIpc) is 1.86. The van der Waals surface area contributed by atoms with E-state index in [1.165, 1.54) is 5.57 Å². The third-order valence-corrected chi connectivity index (χ3v) is 2.08. The fourth-order valence-electron chi connectivity index (χ4n) is 0.872. The maximum absolute atomic E-state index is 3.38. The summed E-state index contributed by atoms with van der Waals surface area (Å²) in [5.74, 6) is 0. The lowest BCUT2D eigenvalue weighted by Gasteiger charge is -2.14. The molecule has 0 bridgehead atoms. The maximum atomic E-state index is 3.38. The fourth-order valence-corrected chi connectivity index (χ4v) is 1.12. The quantitative estimate of drug-likeness (QED) is 0.538. The third kappa shape index (κ3) is 2.28. The Hall–Kier alpha value is -0.390. The van der Waals surface area contributed by atoms with E-state index in [0.717, 1.165) is 4.48 Å². The van der Waals surface area contributed by atoms with E-state index in [2.05, 4.69) is 54.9 Å². The van der Waals surface area contributed by atoms with Gasteiger partial charge in [0.05, 0.1) is 12.2 Å². The van der Waals surface area contributed by atoms with Crippen molar-refractivity contribution in [2.24, 2.45) is 5.41 Å². The minimum Gasteiger partial charge on any atom is -0.0531 e. The molecule has 0 heterocycles. The zero-order valence-electron chi connectivity index (χ0n) is 7.11. The first-order valence-corrected chi connectivity index (χ1v) is 4.47. The van der Waals surface area contributed by atoms with Gasteiger partial charge in [0.2, 0.25) is 0 Å². The Balaban J connectivity index is 2.89. The maximum Gasteiger partial charge on any atom is 0.129 e. The van der Waals surface area contributed by atoms with Crippen LogP contribution in [-0.4, -0.2) is 0 Å². The largest absolute Gasteiger partial charge is 0.129 e. The smallest absolute Gasteiger partial charge is 0.0531 e. The summed E-state index contributed by atoms with van der Waals surface area (Å²) in [5, 5.41) is 0. The molecule has 0 aromatic heterocycles. The Morgan fingerprint density at radius 2 is 1.91 bits per heavy atom. The molecule has 0 spiro atoms. The molecule has 1 heteroatoms. The first-order valence-electron chi connectivity index (χ1n) is 3.68. The molecule has 0 atom stereocenters. The van der Waals surface area contributed by atoms with E-state index in [9.17, 15) is 0 Å². The van der Waals surface area contributed by atoms with Crippen molar-refractivity contribution in [2.45, 2.75) is 20.8 Å². The molecule has 0 aliphatic heterocycles. The molecule has 0 fully saturated rings. The lowest BCUT2D eigenvalue weighted by molar-refractivity contribution is 0.515. The van der Waals surface area contributed by atoms with E-state index >= 15 is 0 Å². The van der Waals surface area contributed by atoms with Gasteiger partial charge in [-0.15, -0.1) is 0 Å². The molecular weight excluding hydrogens is 200 g/mol. The number of hydrogen-bond donors (Lipinski definition) is 0. The van der Waals surface area contributed by atoms with E-state index in [1.54, 1.807) is 0 Å². The van der Waals surface area contributed by atoms with E-state index in [4.69, 9.17) is 0 Å². The first kappa shape index (κ1) is 8.70. The van der Waals surface area contributed by atoms with Gasteiger partial charge in [0.25, 0.3) is 0 Å². The molecule has 0 N–H and O–H groups in total. The Morgan fingerprint density at radius 1 is 1.27 bits per heavy atom. The number of halogens is 1. The highest BCUT2D eigenvalue weighted by atomic mass is 79.9. The molecule has 58 valence electrons. The second kappa shape index (κ2) is 2.92. The summed E-state index contributed by atoms with van der Waals surface area (Å²) in [6, 6.07) is 0. The first-order chi connectivity index (χ1) is 5.00. The Morgan fingerprint density at radius 3 is 2.27 bits per heavy atom. The van der Waals surface area contributed by atoms with Gasteiger partial charge in [-0.2, -0.15) is 0 Å². The van der Waals surface area contributed by atoms with Gasteiger partial charge in [-0.25, -0.2) is 0 Å². The Kier molecular flexibility index (Phi) is 2.31. The summed E-state index contributed by atoms with van der Waals surface area (Å²) in [5.41, 5.74) is 1.46. The number of allylic oxidation sites excluding steroid dienone is 6. The second-order valence-corrected chi connectivity index (χ2v) is 4.59. The minimum absolute atomic E-state index is 0.209. The van der Waals surface area contributed by atoms with Gasteiger partial charge >= 0.3 is 0 Å². The van der Waals surface area contributed by atoms with Gasteiger partial charge in [0.15, 0.2) is 0 Å². The molecule has 1 aliphatic carbocycles.